The Morgan fingerprint density at radius 1 is 1.40 bits per heavy atom. The number of halogens is 2. The predicted molar refractivity (Wildman–Crippen MR) is 104 cm³/mol. The van der Waals surface area contributed by atoms with Gasteiger partial charge in [0, 0.05) is 17.1 Å². The Kier molecular flexibility index (Phi) is 9.00. The lowest BCUT2D eigenvalue weighted by Crippen LogP contribution is -2.44. The lowest BCUT2D eigenvalue weighted by Gasteiger charge is -2.26. The number of amides is 1. The molecule has 0 aromatic heterocycles. The molecule has 0 radical (unpaired) electrons. The van der Waals surface area contributed by atoms with Gasteiger partial charge in [-0.25, -0.2) is 0 Å². The maximum atomic E-state index is 12.3. The summed E-state index contributed by atoms with van der Waals surface area (Å²) in [6, 6.07) is 2.80. The average molecular weight is 391 g/mol. The number of benzene rings is 1. The van der Waals surface area contributed by atoms with E-state index >= 15 is 0 Å². The van der Waals surface area contributed by atoms with Gasteiger partial charge in [0.15, 0.2) is 0 Å². The molecule has 0 spiro atoms. The fourth-order valence-electron chi connectivity index (χ4n) is 3.27. The quantitative estimate of drug-likeness (QED) is 0.691. The van der Waals surface area contributed by atoms with Crippen molar-refractivity contribution in [1.29, 1.82) is 0 Å². The fourth-order valence-corrected chi connectivity index (χ4v) is 3.42. The van der Waals surface area contributed by atoms with Crippen LogP contribution in [-0.2, 0) is 4.79 Å². The number of carbonyl (C=O) groups is 1. The summed E-state index contributed by atoms with van der Waals surface area (Å²) in [6.07, 6.45) is 5.38. The molecule has 4 N–H and O–H groups in total. The third-order valence-corrected chi connectivity index (χ3v) is 5.15. The van der Waals surface area contributed by atoms with Gasteiger partial charge in [-0.05, 0) is 30.9 Å². The second kappa shape index (κ2) is 10.2. The first kappa shape index (κ1) is 22.0. The molecule has 0 aliphatic heterocycles. The van der Waals surface area contributed by atoms with E-state index in [1.807, 2.05) is 6.92 Å². The van der Waals surface area contributed by atoms with E-state index in [1.54, 1.807) is 12.1 Å². The molecule has 1 aromatic rings. The minimum Gasteiger partial charge on any atom is -0.495 e. The molecule has 25 heavy (non-hydrogen) atoms. The summed E-state index contributed by atoms with van der Waals surface area (Å²) in [7, 11) is 1.50. The summed E-state index contributed by atoms with van der Waals surface area (Å²) in [4.78, 5) is 12.3. The van der Waals surface area contributed by atoms with Crippen LogP contribution in [0, 0.1) is 12.8 Å². The summed E-state index contributed by atoms with van der Waals surface area (Å²) < 4.78 is 5.23. The monoisotopic (exact) mass is 390 g/mol. The smallest absolute Gasteiger partial charge is 0.254 e. The minimum atomic E-state index is -1.24. The minimum absolute atomic E-state index is 0. The number of aryl methyl sites for hydroxylation is 1. The van der Waals surface area contributed by atoms with Crippen LogP contribution in [0.2, 0.25) is 5.02 Å². The van der Waals surface area contributed by atoms with E-state index in [4.69, 9.17) is 22.1 Å². The van der Waals surface area contributed by atoms with Gasteiger partial charge < -0.3 is 20.9 Å². The van der Waals surface area contributed by atoms with Gasteiger partial charge in [-0.2, -0.15) is 0 Å². The summed E-state index contributed by atoms with van der Waals surface area (Å²) in [6.45, 7) is 1.84. The Morgan fingerprint density at radius 3 is 2.64 bits per heavy atom. The van der Waals surface area contributed by atoms with Crippen molar-refractivity contribution in [3.63, 3.8) is 0 Å². The Bertz CT molecular complexity index is 578. The summed E-state index contributed by atoms with van der Waals surface area (Å²) in [5, 5.41) is 13.5. The van der Waals surface area contributed by atoms with Crippen LogP contribution >= 0.6 is 24.0 Å². The van der Waals surface area contributed by atoms with Crippen LogP contribution in [0.3, 0.4) is 0 Å². The third kappa shape index (κ3) is 6.03. The molecule has 5 nitrogen and oxygen atoms in total. The molecule has 2 atom stereocenters. The highest BCUT2D eigenvalue weighted by Gasteiger charge is 2.27. The molecule has 1 aliphatic carbocycles. The summed E-state index contributed by atoms with van der Waals surface area (Å²) >= 11 is 6.06. The van der Waals surface area contributed by atoms with Crippen LogP contribution in [-0.4, -0.2) is 30.3 Å². The lowest BCUT2D eigenvalue weighted by molar-refractivity contribution is -0.125. The van der Waals surface area contributed by atoms with Gasteiger partial charge >= 0.3 is 0 Å². The molecule has 7 heteroatoms. The molecule has 0 saturated heterocycles. The molecular formula is C18H28Cl2N2O3. The Labute approximate surface area is 160 Å². The van der Waals surface area contributed by atoms with Crippen molar-refractivity contribution in [3.8, 4) is 5.75 Å². The van der Waals surface area contributed by atoms with E-state index in [0.717, 1.165) is 18.4 Å². The maximum Gasteiger partial charge on any atom is 0.254 e. The molecule has 1 fully saturated rings. The van der Waals surface area contributed by atoms with Crippen LogP contribution in [0.5, 0.6) is 5.75 Å². The number of anilines is 1. The van der Waals surface area contributed by atoms with Gasteiger partial charge in [-0.3, -0.25) is 4.79 Å². The zero-order chi connectivity index (χ0) is 17.7. The number of carbonyl (C=O) groups excluding carboxylic acids is 1. The first-order valence-electron chi connectivity index (χ1n) is 8.51. The number of aliphatic hydroxyl groups excluding tert-OH is 1. The standard InChI is InChI=1S/C18H27ClN2O3.ClH/c1-11-8-15(16(24-2)10-13(11)19)21-18(23)17(22)14(20)9-12-6-4-3-5-7-12;/h8,10,12,14,17,22H,3-7,9,20H2,1-2H3,(H,21,23);1H/t14-,17?;/m1./s1. The predicted octanol–water partition coefficient (Wildman–Crippen LogP) is 3.68. The van der Waals surface area contributed by atoms with Gasteiger partial charge in [0.2, 0.25) is 0 Å². The molecular weight excluding hydrogens is 363 g/mol. The van der Waals surface area contributed by atoms with E-state index in [1.165, 1.54) is 26.4 Å². The second-order valence-corrected chi connectivity index (χ2v) is 7.05. The van der Waals surface area contributed by atoms with E-state index in [2.05, 4.69) is 5.32 Å². The van der Waals surface area contributed by atoms with E-state index in [-0.39, 0.29) is 12.4 Å². The molecule has 1 aromatic carbocycles. The fraction of sp³-hybridized carbons (Fsp3) is 0.611. The first-order valence-corrected chi connectivity index (χ1v) is 8.88. The number of nitrogens with two attached hydrogens (primary N) is 1. The second-order valence-electron chi connectivity index (χ2n) is 6.64. The normalized spacial score (nSPS) is 17.3. The van der Waals surface area contributed by atoms with Gasteiger partial charge in [-0.15, -0.1) is 12.4 Å². The van der Waals surface area contributed by atoms with Gasteiger partial charge in [0.25, 0.3) is 5.91 Å². The SMILES string of the molecule is COc1cc(Cl)c(C)cc1NC(=O)C(O)[C@H](N)CC1CCCCC1.Cl. The van der Waals surface area contributed by atoms with Crippen molar-refractivity contribution < 1.29 is 14.6 Å². The highest BCUT2D eigenvalue weighted by molar-refractivity contribution is 6.31. The molecule has 0 heterocycles. The maximum absolute atomic E-state index is 12.3. The van der Waals surface area contributed by atoms with Crippen LogP contribution < -0.4 is 15.8 Å². The van der Waals surface area contributed by atoms with Crippen molar-refractivity contribution in [2.24, 2.45) is 11.7 Å². The molecule has 1 unspecified atom stereocenters. The van der Waals surface area contributed by atoms with Crippen molar-refractivity contribution in [1.82, 2.24) is 0 Å². The van der Waals surface area contributed by atoms with Gasteiger partial charge in [-0.1, -0.05) is 43.7 Å². The Morgan fingerprint density at radius 2 is 2.04 bits per heavy atom. The number of hydrogen-bond acceptors (Lipinski definition) is 4. The highest BCUT2D eigenvalue weighted by Crippen LogP contribution is 2.31. The molecule has 142 valence electrons. The number of ether oxygens (including phenoxy) is 1. The molecule has 1 saturated carbocycles. The number of nitrogens with one attached hydrogen (secondary N) is 1. The number of aliphatic hydroxyl groups is 1. The zero-order valence-electron chi connectivity index (χ0n) is 14.8. The third-order valence-electron chi connectivity index (χ3n) is 4.74. The molecule has 2 rings (SSSR count). The Balaban J connectivity index is 0.00000312. The summed E-state index contributed by atoms with van der Waals surface area (Å²) in [5.41, 5.74) is 7.36. The van der Waals surface area contributed by atoms with Gasteiger partial charge in [0.1, 0.15) is 11.9 Å². The topological polar surface area (TPSA) is 84.6 Å². The Hall–Kier alpha value is -1.01. The molecule has 1 aliphatic rings. The van der Waals surface area contributed by atoms with E-state index < -0.39 is 18.1 Å². The molecule has 1 amide bonds. The van der Waals surface area contributed by atoms with Gasteiger partial charge in [0.05, 0.1) is 12.8 Å². The average Bonchev–Trinajstić information content (AvgIpc) is 2.58. The molecule has 0 bridgehead atoms. The summed E-state index contributed by atoms with van der Waals surface area (Å²) in [5.74, 6) is 0.439. The van der Waals surface area contributed by atoms with Crippen LogP contribution in [0.15, 0.2) is 12.1 Å². The van der Waals surface area contributed by atoms with Crippen LogP contribution in [0.4, 0.5) is 5.69 Å². The largest absolute Gasteiger partial charge is 0.495 e. The number of hydrogen-bond donors (Lipinski definition) is 3. The lowest BCUT2D eigenvalue weighted by atomic mass is 9.84. The van der Waals surface area contributed by atoms with E-state index in [9.17, 15) is 9.90 Å². The highest BCUT2D eigenvalue weighted by atomic mass is 35.5. The van der Waals surface area contributed by atoms with Crippen molar-refractivity contribution >= 4 is 35.6 Å². The van der Waals surface area contributed by atoms with E-state index in [0.29, 0.717) is 28.8 Å². The zero-order valence-corrected chi connectivity index (χ0v) is 16.3. The van der Waals surface area contributed by atoms with Crippen LogP contribution in [0.25, 0.3) is 0 Å². The first-order chi connectivity index (χ1) is 11.4. The van der Waals surface area contributed by atoms with Crippen molar-refractivity contribution in [2.75, 3.05) is 12.4 Å². The van der Waals surface area contributed by atoms with Crippen molar-refractivity contribution in [3.05, 3.63) is 22.7 Å². The number of methoxy groups -OCH3 is 1. The number of rotatable bonds is 6. The van der Waals surface area contributed by atoms with Crippen molar-refractivity contribution in [2.45, 2.75) is 57.6 Å². The van der Waals surface area contributed by atoms with Crippen LogP contribution in [0.1, 0.15) is 44.1 Å².